The van der Waals surface area contributed by atoms with Gasteiger partial charge in [-0.05, 0) is 30.7 Å². The summed E-state index contributed by atoms with van der Waals surface area (Å²) in [5.41, 5.74) is 2.00. The van der Waals surface area contributed by atoms with E-state index >= 15 is 0 Å². The van der Waals surface area contributed by atoms with Crippen molar-refractivity contribution >= 4 is 0 Å². The van der Waals surface area contributed by atoms with Gasteiger partial charge in [-0.3, -0.25) is 5.84 Å². The van der Waals surface area contributed by atoms with E-state index in [1.54, 1.807) is 13.0 Å². The predicted octanol–water partition coefficient (Wildman–Crippen LogP) is 3.30. The topological polar surface area (TPSA) is 51.2 Å². The van der Waals surface area contributed by atoms with Gasteiger partial charge in [0.15, 0.2) is 0 Å². The molecule has 7 heteroatoms. The van der Waals surface area contributed by atoms with Gasteiger partial charge in [-0.1, -0.05) is 6.07 Å². The van der Waals surface area contributed by atoms with Crippen LogP contribution in [-0.2, 0) is 6.18 Å². The Balaban J connectivity index is 2.39. The fraction of sp³-hybridized carbons (Fsp3) is 0.231. The molecule has 0 radical (unpaired) electrons. The van der Waals surface area contributed by atoms with Crippen molar-refractivity contribution in [1.29, 1.82) is 0 Å². The molecule has 3 N–H and O–H groups in total. The number of hydrogen-bond donors (Lipinski definition) is 2. The van der Waals surface area contributed by atoms with Crippen molar-refractivity contribution in [3.63, 3.8) is 0 Å². The van der Waals surface area contributed by atoms with Crippen LogP contribution in [0.25, 0.3) is 0 Å². The highest BCUT2D eigenvalue weighted by atomic mass is 19.4. The minimum Gasteiger partial charge on any atom is -0.469 e. The third-order valence-corrected chi connectivity index (χ3v) is 2.88. The summed E-state index contributed by atoms with van der Waals surface area (Å²) in [7, 11) is 0. The quantitative estimate of drug-likeness (QED) is 0.517. The Hall–Kier alpha value is -1.86. The van der Waals surface area contributed by atoms with Gasteiger partial charge >= 0.3 is 6.18 Å². The van der Waals surface area contributed by atoms with Crippen LogP contribution in [0.15, 0.2) is 34.9 Å². The first kappa shape index (κ1) is 14.5. The summed E-state index contributed by atoms with van der Waals surface area (Å²) in [5, 5.41) is 0. The standard InChI is InChI=1S/C13H12F4N2O/c1-7-4-9(6-20-7)12(19-18)8-2-3-10(11(14)5-8)13(15,16)17/h2-6,12,19H,18H2,1H3. The molecular formula is C13H12F4N2O. The van der Waals surface area contributed by atoms with E-state index in [9.17, 15) is 17.6 Å². The Labute approximate surface area is 112 Å². The summed E-state index contributed by atoms with van der Waals surface area (Å²) < 4.78 is 56.1. The molecule has 0 fully saturated rings. The maximum atomic E-state index is 13.6. The van der Waals surface area contributed by atoms with Gasteiger partial charge in [0, 0.05) is 5.56 Å². The largest absolute Gasteiger partial charge is 0.469 e. The van der Waals surface area contributed by atoms with Crippen LogP contribution < -0.4 is 11.3 Å². The van der Waals surface area contributed by atoms with Crippen LogP contribution >= 0.6 is 0 Å². The van der Waals surface area contributed by atoms with E-state index in [1.807, 2.05) is 0 Å². The average molecular weight is 288 g/mol. The monoisotopic (exact) mass is 288 g/mol. The maximum absolute atomic E-state index is 13.6. The predicted molar refractivity (Wildman–Crippen MR) is 64.0 cm³/mol. The maximum Gasteiger partial charge on any atom is 0.419 e. The first-order chi connectivity index (χ1) is 9.32. The molecule has 0 amide bonds. The summed E-state index contributed by atoms with van der Waals surface area (Å²) in [6, 6.07) is 3.71. The molecule has 108 valence electrons. The molecule has 3 nitrogen and oxygen atoms in total. The number of aryl methyl sites for hydroxylation is 1. The zero-order valence-corrected chi connectivity index (χ0v) is 10.5. The average Bonchev–Trinajstić information content (AvgIpc) is 2.75. The van der Waals surface area contributed by atoms with Gasteiger partial charge in [-0.2, -0.15) is 13.2 Å². The van der Waals surface area contributed by atoms with E-state index in [2.05, 4.69) is 5.43 Å². The lowest BCUT2D eigenvalue weighted by molar-refractivity contribution is -0.140. The molecule has 0 saturated carbocycles. The zero-order valence-electron chi connectivity index (χ0n) is 10.5. The third-order valence-electron chi connectivity index (χ3n) is 2.88. The second-order valence-corrected chi connectivity index (χ2v) is 4.33. The lowest BCUT2D eigenvalue weighted by Crippen LogP contribution is -2.28. The van der Waals surface area contributed by atoms with Gasteiger partial charge in [-0.15, -0.1) is 0 Å². The number of nitrogens with one attached hydrogen (secondary N) is 1. The Morgan fingerprint density at radius 1 is 1.20 bits per heavy atom. The SMILES string of the molecule is Cc1cc(C(NN)c2ccc(C(F)(F)F)c(F)c2)co1. The van der Waals surface area contributed by atoms with E-state index in [1.165, 1.54) is 12.3 Å². The van der Waals surface area contributed by atoms with Crippen molar-refractivity contribution < 1.29 is 22.0 Å². The van der Waals surface area contributed by atoms with Crippen LogP contribution in [0.4, 0.5) is 17.6 Å². The van der Waals surface area contributed by atoms with Crippen molar-refractivity contribution in [3.8, 4) is 0 Å². The van der Waals surface area contributed by atoms with Gasteiger partial charge in [-0.25, -0.2) is 9.82 Å². The molecule has 0 bridgehead atoms. The molecule has 1 aromatic heterocycles. The van der Waals surface area contributed by atoms with Crippen LogP contribution in [0.2, 0.25) is 0 Å². The van der Waals surface area contributed by atoms with Crippen molar-refractivity contribution in [2.24, 2.45) is 5.84 Å². The molecule has 1 unspecified atom stereocenters. The number of hydrogen-bond acceptors (Lipinski definition) is 3. The molecule has 0 spiro atoms. The number of nitrogens with two attached hydrogens (primary N) is 1. The fourth-order valence-corrected chi connectivity index (χ4v) is 1.94. The lowest BCUT2D eigenvalue weighted by atomic mass is 9.99. The number of hydrazine groups is 1. The highest BCUT2D eigenvalue weighted by molar-refractivity contribution is 5.34. The van der Waals surface area contributed by atoms with Gasteiger partial charge in [0.25, 0.3) is 0 Å². The highest BCUT2D eigenvalue weighted by Crippen LogP contribution is 2.33. The molecule has 1 heterocycles. The molecule has 1 atom stereocenters. The van der Waals surface area contributed by atoms with E-state index in [0.717, 1.165) is 6.07 Å². The van der Waals surface area contributed by atoms with Gasteiger partial charge in [0.1, 0.15) is 11.6 Å². The number of halogens is 4. The number of alkyl halides is 3. The van der Waals surface area contributed by atoms with E-state index in [0.29, 0.717) is 17.4 Å². The molecule has 1 aromatic carbocycles. The molecule has 0 aliphatic heterocycles. The Bertz CT molecular complexity index is 607. The Morgan fingerprint density at radius 3 is 2.35 bits per heavy atom. The van der Waals surface area contributed by atoms with Crippen molar-refractivity contribution in [2.75, 3.05) is 0 Å². The Morgan fingerprint density at radius 2 is 1.90 bits per heavy atom. The summed E-state index contributed by atoms with van der Waals surface area (Å²) in [4.78, 5) is 0. The minimum absolute atomic E-state index is 0.277. The minimum atomic E-state index is -4.72. The second kappa shape index (κ2) is 5.26. The van der Waals surface area contributed by atoms with Crippen molar-refractivity contribution in [1.82, 2.24) is 5.43 Å². The summed E-state index contributed by atoms with van der Waals surface area (Å²) in [5.74, 6) is 4.66. The van der Waals surface area contributed by atoms with Gasteiger partial charge in [0.05, 0.1) is 17.9 Å². The van der Waals surface area contributed by atoms with E-state index in [4.69, 9.17) is 10.3 Å². The summed E-state index contributed by atoms with van der Waals surface area (Å²) in [6.45, 7) is 1.71. The Kier molecular flexibility index (Phi) is 3.82. The first-order valence-corrected chi connectivity index (χ1v) is 5.70. The van der Waals surface area contributed by atoms with Crippen LogP contribution in [-0.4, -0.2) is 0 Å². The first-order valence-electron chi connectivity index (χ1n) is 5.70. The molecule has 2 rings (SSSR count). The van der Waals surface area contributed by atoms with Crippen LogP contribution in [0.5, 0.6) is 0 Å². The molecule has 0 aliphatic rings. The van der Waals surface area contributed by atoms with Crippen LogP contribution in [0.1, 0.15) is 28.5 Å². The third kappa shape index (κ3) is 2.83. The number of furan rings is 1. The summed E-state index contributed by atoms with van der Waals surface area (Å²) >= 11 is 0. The molecule has 20 heavy (non-hydrogen) atoms. The number of benzene rings is 1. The fourth-order valence-electron chi connectivity index (χ4n) is 1.94. The molecule has 0 saturated heterocycles. The van der Waals surface area contributed by atoms with E-state index in [-0.39, 0.29) is 5.56 Å². The van der Waals surface area contributed by atoms with Gasteiger partial charge < -0.3 is 4.42 Å². The highest BCUT2D eigenvalue weighted by Gasteiger charge is 2.34. The zero-order chi connectivity index (χ0) is 14.9. The van der Waals surface area contributed by atoms with Crippen molar-refractivity contribution in [3.05, 3.63) is 58.8 Å². The smallest absolute Gasteiger partial charge is 0.419 e. The molecular weight excluding hydrogens is 276 g/mol. The number of rotatable bonds is 3. The molecule has 2 aromatic rings. The van der Waals surface area contributed by atoms with E-state index < -0.39 is 23.6 Å². The second-order valence-electron chi connectivity index (χ2n) is 4.33. The molecule has 0 aliphatic carbocycles. The van der Waals surface area contributed by atoms with Gasteiger partial charge in [0.2, 0.25) is 0 Å². The van der Waals surface area contributed by atoms with Crippen LogP contribution in [0, 0.1) is 12.7 Å². The van der Waals surface area contributed by atoms with Crippen LogP contribution in [0.3, 0.4) is 0 Å². The summed E-state index contributed by atoms with van der Waals surface area (Å²) in [6.07, 6.45) is -3.31. The van der Waals surface area contributed by atoms with Crippen molar-refractivity contribution in [2.45, 2.75) is 19.1 Å². The normalized spacial score (nSPS) is 13.5. The lowest BCUT2D eigenvalue weighted by Gasteiger charge is -2.16.